The molecule has 0 bridgehead atoms. The standard InChI is InChI=1S/C60H41N5/c1-60(2)49-27-15-12-26-45(49)55-54(35-32-46(56(55)60)59-62-57(38-18-6-3-7-19-38)61-58(63-59)39-20-8-4-9-21-39)65-51-29-17-14-25-44(51)48-37-41(31-34-53(48)65)40-30-33-52-47(36-40)43-24-13-16-28-50(43)64(52)42-22-10-5-11-23-42/h3-37H,1-2H3. The molecule has 0 saturated carbocycles. The molecule has 5 heteroatoms. The first kappa shape index (κ1) is 37.2. The van der Waals surface area contributed by atoms with Crippen LogP contribution >= 0.6 is 0 Å². The minimum Gasteiger partial charge on any atom is -0.309 e. The lowest BCUT2D eigenvalue weighted by molar-refractivity contribution is 0.661. The van der Waals surface area contributed by atoms with Crippen LogP contribution in [0.3, 0.4) is 0 Å². The molecule has 0 N–H and O–H groups in total. The zero-order valence-electron chi connectivity index (χ0n) is 35.9. The molecule has 0 radical (unpaired) electrons. The van der Waals surface area contributed by atoms with Crippen LogP contribution in [0.15, 0.2) is 212 Å². The van der Waals surface area contributed by atoms with Gasteiger partial charge in [-0.05, 0) is 88.5 Å². The molecular weight excluding hydrogens is 791 g/mol. The van der Waals surface area contributed by atoms with Crippen molar-refractivity contribution < 1.29 is 0 Å². The SMILES string of the molecule is CC1(C)c2ccccc2-c2c(-n3c4ccccc4c4cc(-c5ccc6c(c5)c5ccccc5n6-c5ccccc5)ccc43)ccc(-c3nc(-c4ccccc4)nc(-c4ccccc4)n3)c21. The van der Waals surface area contributed by atoms with E-state index in [1.165, 1.54) is 66.0 Å². The third-order valence-electron chi connectivity index (χ3n) is 13.6. The van der Waals surface area contributed by atoms with Gasteiger partial charge in [-0.15, -0.1) is 0 Å². The summed E-state index contributed by atoms with van der Waals surface area (Å²) in [5.74, 6) is 1.97. The second-order valence-electron chi connectivity index (χ2n) is 17.6. The van der Waals surface area contributed by atoms with Crippen molar-refractivity contribution in [3.05, 3.63) is 223 Å². The maximum Gasteiger partial charge on any atom is 0.164 e. The number of hydrogen-bond donors (Lipinski definition) is 0. The Balaban J connectivity index is 1.02. The molecule has 0 atom stereocenters. The van der Waals surface area contributed by atoms with Gasteiger partial charge in [-0.25, -0.2) is 15.0 Å². The van der Waals surface area contributed by atoms with E-state index >= 15 is 0 Å². The smallest absolute Gasteiger partial charge is 0.164 e. The van der Waals surface area contributed by atoms with Gasteiger partial charge in [0.15, 0.2) is 17.5 Å². The first-order valence-electron chi connectivity index (χ1n) is 22.3. The van der Waals surface area contributed by atoms with Crippen molar-refractivity contribution in [1.82, 2.24) is 24.1 Å². The van der Waals surface area contributed by atoms with Crippen LogP contribution in [-0.4, -0.2) is 24.1 Å². The first-order chi connectivity index (χ1) is 32.0. The van der Waals surface area contributed by atoms with Gasteiger partial charge < -0.3 is 9.13 Å². The van der Waals surface area contributed by atoms with Crippen molar-refractivity contribution in [3.63, 3.8) is 0 Å². The number of fused-ring (bicyclic) bond motifs is 9. The first-order valence-corrected chi connectivity index (χ1v) is 22.3. The molecule has 1 aliphatic carbocycles. The van der Waals surface area contributed by atoms with Gasteiger partial charge in [-0.2, -0.15) is 0 Å². The van der Waals surface area contributed by atoms with Crippen molar-refractivity contribution in [2.75, 3.05) is 0 Å². The quantitative estimate of drug-likeness (QED) is 0.168. The predicted molar refractivity (Wildman–Crippen MR) is 268 cm³/mol. The van der Waals surface area contributed by atoms with E-state index in [0.717, 1.165) is 39.1 Å². The minimum atomic E-state index is -0.349. The van der Waals surface area contributed by atoms with Crippen LogP contribution in [0.2, 0.25) is 0 Å². The van der Waals surface area contributed by atoms with Crippen LogP contribution in [0.1, 0.15) is 25.0 Å². The van der Waals surface area contributed by atoms with Crippen molar-refractivity contribution >= 4 is 43.6 Å². The lowest BCUT2D eigenvalue weighted by Crippen LogP contribution is -2.17. The van der Waals surface area contributed by atoms with E-state index in [-0.39, 0.29) is 5.41 Å². The molecule has 5 nitrogen and oxygen atoms in total. The third-order valence-corrected chi connectivity index (χ3v) is 13.6. The fourth-order valence-corrected chi connectivity index (χ4v) is 10.6. The van der Waals surface area contributed by atoms with Crippen LogP contribution in [0.25, 0.3) is 111 Å². The van der Waals surface area contributed by atoms with Gasteiger partial charge in [0.1, 0.15) is 0 Å². The van der Waals surface area contributed by atoms with E-state index in [1.54, 1.807) is 0 Å². The highest BCUT2D eigenvalue weighted by Gasteiger charge is 2.40. The summed E-state index contributed by atoms with van der Waals surface area (Å²) in [5.41, 5.74) is 16.9. The summed E-state index contributed by atoms with van der Waals surface area (Å²) < 4.78 is 4.85. The Hall–Kier alpha value is -8.41. The molecule has 3 heterocycles. The van der Waals surface area contributed by atoms with E-state index in [2.05, 4.69) is 199 Å². The molecule has 0 amide bonds. The van der Waals surface area contributed by atoms with E-state index < -0.39 is 0 Å². The number of para-hydroxylation sites is 3. The van der Waals surface area contributed by atoms with Crippen molar-refractivity contribution in [1.29, 1.82) is 0 Å². The molecule has 9 aromatic carbocycles. The number of rotatable bonds is 6. The second-order valence-corrected chi connectivity index (χ2v) is 17.6. The zero-order chi connectivity index (χ0) is 43.2. The molecule has 0 unspecified atom stereocenters. The summed E-state index contributed by atoms with van der Waals surface area (Å²) in [5, 5.41) is 4.92. The summed E-state index contributed by atoms with van der Waals surface area (Å²) in [6.45, 7) is 4.68. The highest BCUT2D eigenvalue weighted by atomic mass is 15.0. The zero-order valence-corrected chi connectivity index (χ0v) is 35.9. The monoisotopic (exact) mass is 831 g/mol. The van der Waals surface area contributed by atoms with Gasteiger partial charge in [0.2, 0.25) is 0 Å². The highest BCUT2D eigenvalue weighted by Crippen LogP contribution is 2.55. The Labute approximate surface area is 376 Å². The summed E-state index contributed by atoms with van der Waals surface area (Å²) in [4.78, 5) is 15.6. The topological polar surface area (TPSA) is 48.5 Å². The van der Waals surface area contributed by atoms with Gasteiger partial charge in [-0.1, -0.05) is 166 Å². The largest absolute Gasteiger partial charge is 0.309 e. The summed E-state index contributed by atoms with van der Waals surface area (Å²) in [6, 6.07) is 76.0. The van der Waals surface area contributed by atoms with E-state index in [9.17, 15) is 0 Å². The summed E-state index contributed by atoms with van der Waals surface area (Å²) >= 11 is 0. The molecule has 0 fully saturated rings. The molecule has 65 heavy (non-hydrogen) atoms. The van der Waals surface area contributed by atoms with Crippen LogP contribution in [-0.2, 0) is 5.41 Å². The van der Waals surface area contributed by atoms with E-state index in [1.807, 2.05) is 36.4 Å². The molecule has 0 aliphatic heterocycles. The minimum absolute atomic E-state index is 0.349. The fourth-order valence-electron chi connectivity index (χ4n) is 10.6. The molecular formula is C60H41N5. The van der Waals surface area contributed by atoms with Gasteiger partial charge >= 0.3 is 0 Å². The molecule has 0 saturated heterocycles. The van der Waals surface area contributed by atoms with Gasteiger partial charge in [-0.3, -0.25) is 0 Å². The van der Waals surface area contributed by atoms with Gasteiger partial charge in [0.05, 0.1) is 27.8 Å². The lowest BCUT2D eigenvalue weighted by Gasteiger charge is -2.25. The predicted octanol–water partition coefficient (Wildman–Crippen LogP) is 15.0. The van der Waals surface area contributed by atoms with Crippen molar-refractivity contribution in [3.8, 4) is 67.8 Å². The van der Waals surface area contributed by atoms with Crippen molar-refractivity contribution in [2.24, 2.45) is 0 Å². The Morgan fingerprint density at radius 3 is 1.45 bits per heavy atom. The fraction of sp³-hybridized carbons (Fsp3) is 0.0500. The molecule has 0 spiro atoms. The molecule has 12 aromatic rings. The Bertz CT molecular complexity index is 3790. The van der Waals surface area contributed by atoms with E-state index in [0.29, 0.717) is 17.5 Å². The van der Waals surface area contributed by atoms with Crippen LogP contribution in [0, 0.1) is 0 Å². The third kappa shape index (κ3) is 5.68. The van der Waals surface area contributed by atoms with Gasteiger partial charge in [0, 0.05) is 54.9 Å². The summed E-state index contributed by atoms with van der Waals surface area (Å²) in [7, 11) is 0. The molecule has 3 aromatic heterocycles. The molecule has 1 aliphatic rings. The van der Waals surface area contributed by atoms with Crippen molar-refractivity contribution in [2.45, 2.75) is 19.3 Å². The maximum atomic E-state index is 5.26. The van der Waals surface area contributed by atoms with Crippen LogP contribution in [0.5, 0.6) is 0 Å². The summed E-state index contributed by atoms with van der Waals surface area (Å²) in [6.07, 6.45) is 0. The lowest BCUT2D eigenvalue weighted by atomic mass is 9.79. The van der Waals surface area contributed by atoms with Crippen LogP contribution < -0.4 is 0 Å². The Morgan fingerprint density at radius 1 is 0.354 bits per heavy atom. The van der Waals surface area contributed by atoms with Gasteiger partial charge in [0.25, 0.3) is 0 Å². The molecule has 13 rings (SSSR count). The second kappa shape index (κ2) is 14.3. The number of hydrogen-bond acceptors (Lipinski definition) is 3. The number of benzene rings is 9. The maximum absolute atomic E-state index is 5.26. The van der Waals surface area contributed by atoms with E-state index in [4.69, 9.17) is 15.0 Å². The van der Waals surface area contributed by atoms with Crippen LogP contribution in [0.4, 0.5) is 0 Å². The number of aromatic nitrogens is 5. The highest BCUT2D eigenvalue weighted by molar-refractivity contribution is 6.13. The normalized spacial score (nSPS) is 12.9. The molecule has 306 valence electrons. The Morgan fingerprint density at radius 2 is 0.831 bits per heavy atom. The average Bonchev–Trinajstić information content (AvgIpc) is 3.97. The average molecular weight is 832 g/mol. The Kier molecular flexibility index (Phi) is 8.18. The number of nitrogens with zero attached hydrogens (tertiary/aromatic N) is 5.